The molecule has 1 fully saturated rings. The Hall–Kier alpha value is -1.16. The van der Waals surface area contributed by atoms with Gasteiger partial charge in [-0.3, -0.25) is 0 Å². The molecule has 1 aliphatic heterocycles. The standard InChI is InChI=1S/C17H18BrNO/c18-16-9-5-4-8-15(16)17-11-19-14(12-20-17)10-13-6-2-1-3-7-13/h1-9,14,17,19H,10-12H2. The van der Waals surface area contributed by atoms with Crippen LogP contribution in [0.1, 0.15) is 17.2 Å². The number of halogens is 1. The average Bonchev–Trinajstić information content (AvgIpc) is 2.50. The van der Waals surface area contributed by atoms with Gasteiger partial charge >= 0.3 is 0 Å². The van der Waals surface area contributed by atoms with Crippen LogP contribution in [0, 0.1) is 0 Å². The molecule has 1 saturated heterocycles. The number of rotatable bonds is 3. The molecule has 0 saturated carbocycles. The molecule has 2 nitrogen and oxygen atoms in total. The van der Waals surface area contributed by atoms with E-state index in [0.29, 0.717) is 6.04 Å². The van der Waals surface area contributed by atoms with E-state index in [4.69, 9.17) is 4.74 Å². The molecule has 1 N–H and O–H groups in total. The third-order valence-corrected chi connectivity index (χ3v) is 4.39. The van der Waals surface area contributed by atoms with E-state index in [2.05, 4.69) is 69.8 Å². The Morgan fingerprint density at radius 1 is 1.05 bits per heavy atom. The van der Waals surface area contributed by atoms with Gasteiger partial charge in [-0.15, -0.1) is 0 Å². The van der Waals surface area contributed by atoms with Gasteiger partial charge < -0.3 is 10.1 Å². The van der Waals surface area contributed by atoms with E-state index in [0.717, 1.165) is 24.0 Å². The highest BCUT2D eigenvalue weighted by atomic mass is 79.9. The van der Waals surface area contributed by atoms with Crippen molar-refractivity contribution in [3.63, 3.8) is 0 Å². The fourth-order valence-electron chi connectivity index (χ4n) is 2.59. The minimum atomic E-state index is 0.137. The van der Waals surface area contributed by atoms with Crippen LogP contribution in [-0.4, -0.2) is 19.2 Å². The molecule has 104 valence electrons. The summed E-state index contributed by atoms with van der Waals surface area (Å²) < 4.78 is 7.16. The first-order chi connectivity index (χ1) is 9.83. The Kier molecular flexibility index (Phi) is 4.51. The summed E-state index contributed by atoms with van der Waals surface area (Å²) in [6, 6.07) is 19.2. The van der Waals surface area contributed by atoms with Gasteiger partial charge in [0.1, 0.15) is 0 Å². The summed E-state index contributed by atoms with van der Waals surface area (Å²) in [5.41, 5.74) is 2.58. The third-order valence-electron chi connectivity index (χ3n) is 3.67. The largest absolute Gasteiger partial charge is 0.371 e. The molecule has 1 aliphatic rings. The Balaban J connectivity index is 1.59. The van der Waals surface area contributed by atoms with Crippen LogP contribution in [0.25, 0.3) is 0 Å². The van der Waals surface area contributed by atoms with E-state index in [1.165, 1.54) is 11.1 Å². The molecule has 2 aromatic carbocycles. The van der Waals surface area contributed by atoms with Crippen molar-refractivity contribution in [2.45, 2.75) is 18.6 Å². The molecule has 0 aromatic heterocycles. The molecule has 0 amide bonds. The Bertz CT molecular complexity index is 550. The first kappa shape index (κ1) is 13.8. The van der Waals surface area contributed by atoms with Gasteiger partial charge in [-0.05, 0) is 23.6 Å². The summed E-state index contributed by atoms with van der Waals surface area (Å²) in [6.07, 6.45) is 1.15. The number of hydrogen-bond acceptors (Lipinski definition) is 2. The molecule has 0 bridgehead atoms. The normalized spacial score (nSPS) is 22.6. The maximum absolute atomic E-state index is 6.04. The quantitative estimate of drug-likeness (QED) is 0.925. The molecular formula is C17H18BrNO. The molecule has 1 heterocycles. The van der Waals surface area contributed by atoms with Gasteiger partial charge in [-0.25, -0.2) is 0 Å². The third kappa shape index (κ3) is 3.29. The number of nitrogens with one attached hydrogen (secondary N) is 1. The maximum atomic E-state index is 6.04. The number of benzene rings is 2. The van der Waals surface area contributed by atoms with Crippen LogP contribution in [0.4, 0.5) is 0 Å². The van der Waals surface area contributed by atoms with Crippen LogP contribution in [0.2, 0.25) is 0 Å². The van der Waals surface area contributed by atoms with Crippen molar-refractivity contribution in [1.29, 1.82) is 0 Å². The minimum Gasteiger partial charge on any atom is -0.371 e. The second-order valence-electron chi connectivity index (χ2n) is 5.14. The monoisotopic (exact) mass is 331 g/mol. The van der Waals surface area contributed by atoms with Crippen molar-refractivity contribution in [2.75, 3.05) is 13.2 Å². The Morgan fingerprint density at radius 3 is 2.50 bits per heavy atom. The van der Waals surface area contributed by atoms with Crippen LogP contribution < -0.4 is 5.32 Å². The van der Waals surface area contributed by atoms with Gasteiger partial charge in [0.25, 0.3) is 0 Å². The first-order valence-corrected chi connectivity index (χ1v) is 7.75. The molecule has 0 aliphatic carbocycles. The van der Waals surface area contributed by atoms with Crippen LogP contribution in [0.15, 0.2) is 59.1 Å². The molecule has 0 spiro atoms. The van der Waals surface area contributed by atoms with Gasteiger partial charge in [0.2, 0.25) is 0 Å². The summed E-state index contributed by atoms with van der Waals surface area (Å²) in [5.74, 6) is 0. The first-order valence-electron chi connectivity index (χ1n) is 6.96. The number of hydrogen-bond donors (Lipinski definition) is 1. The van der Waals surface area contributed by atoms with Crippen LogP contribution >= 0.6 is 15.9 Å². The van der Waals surface area contributed by atoms with Crippen molar-refractivity contribution in [3.8, 4) is 0 Å². The fraction of sp³-hybridized carbons (Fsp3) is 0.294. The van der Waals surface area contributed by atoms with Crippen molar-refractivity contribution in [2.24, 2.45) is 0 Å². The number of ether oxygens (including phenoxy) is 1. The van der Waals surface area contributed by atoms with E-state index >= 15 is 0 Å². The second-order valence-corrected chi connectivity index (χ2v) is 5.99. The van der Waals surface area contributed by atoms with Gasteiger partial charge in [-0.1, -0.05) is 64.5 Å². The minimum absolute atomic E-state index is 0.137. The van der Waals surface area contributed by atoms with Crippen molar-refractivity contribution in [3.05, 3.63) is 70.2 Å². The van der Waals surface area contributed by atoms with Gasteiger partial charge in [0.15, 0.2) is 0 Å². The van der Waals surface area contributed by atoms with Crippen LogP contribution in [0.5, 0.6) is 0 Å². The predicted octanol–water partition coefficient (Wildman–Crippen LogP) is 3.72. The highest BCUT2D eigenvalue weighted by Gasteiger charge is 2.23. The zero-order valence-corrected chi connectivity index (χ0v) is 12.8. The fourth-order valence-corrected chi connectivity index (χ4v) is 3.13. The zero-order valence-electron chi connectivity index (χ0n) is 11.3. The van der Waals surface area contributed by atoms with Crippen molar-refractivity contribution >= 4 is 15.9 Å². The second kappa shape index (κ2) is 6.53. The molecule has 2 unspecified atom stereocenters. The summed E-state index contributed by atoms with van der Waals surface area (Å²) in [7, 11) is 0. The molecule has 3 heteroatoms. The predicted molar refractivity (Wildman–Crippen MR) is 84.8 cm³/mol. The smallest absolute Gasteiger partial charge is 0.0960 e. The molecular weight excluding hydrogens is 314 g/mol. The summed E-state index contributed by atoms with van der Waals surface area (Å²) >= 11 is 3.59. The highest BCUT2D eigenvalue weighted by Crippen LogP contribution is 2.27. The zero-order chi connectivity index (χ0) is 13.8. The lowest BCUT2D eigenvalue weighted by molar-refractivity contribution is 0.00268. The summed E-state index contributed by atoms with van der Waals surface area (Å²) in [6.45, 7) is 1.61. The van der Waals surface area contributed by atoms with E-state index in [1.807, 2.05) is 6.07 Å². The van der Waals surface area contributed by atoms with Gasteiger partial charge in [0, 0.05) is 17.1 Å². The molecule has 0 radical (unpaired) electrons. The lowest BCUT2D eigenvalue weighted by Gasteiger charge is -2.31. The van der Waals surface area contributed by atoms with E-state index in [-0.39, 0.29) is 6.10 Å². The summed E-state index contributed by atoms with van der Waals surface area (Å²) in [5, 5.41) is 3.60. The Labute approximate surface area is 128 Å². The Morgan fingerprint density at radius 2 is 1.80 bits per heavy atom. The van der Waals surface area contributed by atoms with E-state index in [1.54, 1.807) is 0 Å². The molecule has 20 heavy (non-hydrogen) atoms. The average molecular weight is 332 g/mol. The highest BCUT2D eigenvalue weighted by molar-refractivity contribution is 9.10. The van der Waals surface area contributed by atoms with Crippen LogP contribution in [0.3, 0.4) is 0 Å². The summed E-state index contributed by atoms with van der Waals surface area (Å²) in [4.78, 5) is 0. The molecule has 3 rings (SSSR count). The van der Waals surface area contributed by atoms with Crippen molar-refractivity contribution < 1.29 is 4.74 Å². The topological polar surface area (TPSA) is 21.3 Å². The molecule has 2 atom stereocenters. The van der Waals surface area contributed by atoms with Gasteiger partial charge in [-0.2, -0.15) is 0 Å². The van der Waals surface area contributed by atoms with E-state index in [9.17, 15) is 0 Å². The lowest BCUT2D eigenvalue weighted by Crippen LogP contribution is -2.44. The number of morpholine rings is 1. The van der Waals surface area contributed by atoms with Gasteiger partial charge in [0.05, 0.1) is 12.7 Å². The van der Waals surface area contributed by atoms with E-state index < -0.39 is 0 Å². The lowest BCUT2D eigenvalue weighted by atomic mass is 10.0. The SMILES string of the molecule is Brc1ccccc1C1CNC(Cc2ccccc2)CO1. The van der Waals surface area contributed by atoms with Crippen molar-refractivity contribution in [1.82, 2.24) is 5.32 Å². The molecule has 2 aromatic rings. The van der Waals surface area contributed by atoms with Crippen LogP contribution in [-0.2, 0) is 11.2 Å². The maximum Gasteiger partial charge on any atom is 0.0960 e.